The Morgan fingerprint density at radius 3 is 2.20 bits per heavy atom. The van der Waals surface area contributed by atoms with Crippen molar-refractivity contribution in [3.63, 3.8) is 0 Å². The quantitative estimate of drug-likeness (QED) is 0.856. The van der Waals surface area contributed by atoms with Crippen molar-refractivity contribution in [1.29, 1.82) is 0 Å². The number of carboxylic acids is 1. The summed E-state index contributed by atoms with van der Waals surface area (Å²) in [5.74, 6) is -7.51. The normalized spacial score (nSPS) is 11.5. The van der Waals surface area contributed by atoms with E-state index in [0.717, 1.165) is 6.07 Å². The second-order valence-electron chi connectivity index (χ2n) is 2.66. The maximum atomic E-state index is 13.0. The number of benzene rings is 1. The van der Waals surface area contributed by atoms with Crippen molar-refractivity contribution >= 4 is 29.2 Å². The van der Waals surface area contributed by atoms with Crippen molar-refractivity contribution in [2.45, 2.75) is 5.92 Å². The lowest BCUT2D eigenvalue weighted by Gasteiger charge is -2.13. The van der Waals surface area contributed by atoms with E-state index in [1.807, 2.05) is 0 Å². The Morgan fingerprint density at radius 2 is 1.73 bits per heavy atom. The second-order valence-corrected chi connectivity index (χ2v) is 3.48. The van der Waals surface area contributed by atoms with Gasteiger partial charge in [-0.25, -0.2) is 4.79 Å². The predicted octanol–water partition coefficient (Wildman–Crippen LogP) is 2.88. The Morgan fingerprint density at radius 1 is 1.27 bits per heavy atom. The predicted molar refractivity (Wildman–Crippen MR) is 49.7 cm³/mol. The molecule has 0 aliphatic heterocycles. The van der Waals surface area contributed by atoms with E-state index < -0.39 is 23.2 Å². The van der Waals surface area contributed by atoms with Gasteiger partial charge in [0.05, 0.1) is 15.6 Å². The molecule has 0 fully saturated rings. The van der Waals surface area contributed by atoms with Gasteiger partial charge in [0.2, 0.25) is 0 Å². The van der Waals surface area contributed by atoms with Crippen molar-refractivity contribution in [1.82, 2.24) is 0 Å². The molecular weight excluding hydrogens is 253 g/mol. The third-order valence-electron chi connectivity index (χ3n) is 1.65. The molecule has 0 atom stereocenters. The zero-order valence-corrected chi connectivity index (χ0v) is 8.48. The molecule has 0 bridgehead atoms. The van der Waals surface area contributed by atoms with Crippen molar-refractivity contribution in [2.24, 2.45) is 0 Å². The number of hydrogen-bond donors (Lipinski definition) is 2. The number of rotatable bonds is 2. The highest BCUT2D eigenvalue weighted by atomic mass is 35.5. The van der Waals surface area contributed by atoms with Crippen LogP contribution in [0.3, 0.4) is 0 Å². The van der Waals surface area contributed by atoms with Crippen LogP contribution < -0.4 is 0 Å². The first-order valence-corrected chi connectivity index (χ1v) is 4.32. The van der Waals surface area contributed by atoms with E-state index in [9.17, 15) is 13.6 Å². The summed E-state index contributed by atoms with van der Waals surface area (Å²) in [5.41, 5.74) is -1.09. The molecule has 0 unspecified atom stereocenters. The number of phenols is 1. The lowest BCUT2D eigenvalue weighted by molar-refractivity contribution is -0.166. The van der Waals surface area contributed by atoms with Crippen molar-refractivity contribution in [3.05, 3.63) is 27.7 Å². The highest BCUT2D eigenvalue weighted by molar-refractivity contribution is 6.42. The van der Waals surface area contributed by atoms with Gasteiger partial charge < -0.3 is 10.2 Å². The molecule has 7 heteroatoms. The molecule has 0 saturated heterocycles. The fourth-order valence-corrected chi connectivity index (χ4v) is 1.22. The maximum Gasteiger partial charge on any atom is 0.379 e. The summed E-state index contributed by atoms with van der Waals surface area (Å²) in [6.45, 7) is 0. The standard InChI is InChI=1S/C8H4Cl2F2O3/c9-4-1-3(6(13)2-5(4)10)8(11,12)7(14)15/h1-2,13H,(H,14,15). The molecule has 0 amide bonds. The van der Waals surface area contributed by atoms with Gasteiger partial charge >= 0.3 is 11.9 Å². The first-order valence-electron chi connectivity index (χ1n) is 3.56. The number of phenolic OH excluding ortho intramolecular Hbond substituents is 1. The summed E-state index contributed by atoms with van der Waals surface area (Å²) in [7, 11) is 0. The Hall–Kier alpha value is -1.07. The Labute approximate surface area is 92.8 Å². The average Bonchev–Trinajstić information content (AvgIpc) is 2.10. The van der Waals surface area contributed by atoms with Crippen LogP contribution in [0.1, 0.15) is 5.56 Å². The molecule has 0 radical (unpaired) electrons. The number of carboxylic acid groups (broad SMARTS) is 1. The van der Waals surface area contributed by atoms with Crippen LogP contribution in [0.25, 0.3) is 0 Å². The number of hydrogen-bond acceptors (Lipinski definition) is 2. The highest BCUT2D eigenvalue weighted by Crippen LogP contribution is 2.39. The van der Waals surface area contributed by atoms with Crippen LogP contribution >= 0.6 is 23.2 Å². The molecule has 0 aliphatic rings. The van der Waals surface area contributed by atoms with Gasteiger partial charge in [-0.15, -0.1) is 0 Å². The molecule has 0 aromatic heterocycles. The lowest BCUT2D eigenvalue weighted by Crippen LogP contribution is -2.25. The van der Waals surface area contributed by atoms with Gasteiger partial charge in [-0.2, -0.15) is 8.78 Å². The smallest absolute Gasteiger partial charge is 0.379 e. The average molecular weight is 257 g/mol. The largest absolute Gasteiger partial charge is 0.507 e. The van der Waals surface area contributed by atoms with Gasteiger partial charge in [-0.1, -0.05) is 23.2 Å². The van der Waals surface area contributed by atoms with E-state index in [1.165, 1.54) is 0 Å². The SMILES string of the molecule is O=C(O)C(F)(F)c1cc(Cl)c(Cl)cc1O. The van der Waals surface area contributed by atoms with E-state index in [0.29, 0.717) is 6.07 Å². The maximum absolute atomic E-state index is 13.0. The molecule has 1 aromatic carbocycles. The summed E-state index contributed by atoms with van der Waals surface area (Å²) in [6.07, 6.45) is 0. The molecule has 1 aromatic rings. The van der Waals surface area contributed by atoms with Crippen LogP contribution in [-0.2, 0) is 10.7 Å². The van der Waals surface area contributed by atoms with Gasteiger partial charge in [-0.3, -0.25) is 0 Å². The van der Waals surface area contributed by atoms with Gasteiger partial charge in [0.15, 0.2) is 0 Å². The van der Waals surface area contributed by atoms with E-state index >= 15 is 0 Å². The van der Waals surface area contributed by atoms with Crippen LogP contribution in [0.15, 0.2) is 12.1 Å². The number of halogens is 4. The number of carbonyl (C=O) groups is 1. The molecule has 82 valence electrons. The summed E-state index contributed by atoms with van der Waals surface area (Å²) in [4.78, 5) is 10.2. The minimum Gasteiger partial charge on any atom is -0.507 e. The Balaban J connectivity index is 3.38. The number of alkyl halides is 2. The van der Waals surface area contributed by atoms with Gasteiger partial charge in [0.25, 0.3) is 0 Å². The van der Waals surface area contributed by atoms with Crippen LogP contribution in [0.4, 0.5) is 8.78 Å². The lowest BCUT2D eigenvalue weighted by atomic mass is 10.1. The Kier molecular flexibility index (Phi) is 3.06. The fourth-order valence-electron chi connectivity index (χ4n) is 0.903. The van der Waals surface area contributed by atoms with Gasteiger partial charge in [0, 0.05) is 6.07 Å². The molecule has 0 saturated carbocycles. The first kappa shape index (κ1) is 12.0. The van der Waals surface area contributed by atoms with Crippen molar-refractivity contribution in [3.8, 4) is 5.75 Å². The monoisotopic (exact) mass is 256 g/mol. The molecule has 1 rings (SSSR count). The van der Waals surface area contributed by atoms with Crippen molar-refractivity contribution < 1.29 is 23.8 Å². The third kappa shape index (κ3) is 2.13. The molecule has 0 aliphatic carbocycles. The van der Waals surface area contributed by atoms with E-state index in [1.54, 1.807) is 0 Å². The molecular formula is C8H4Cl2F2O3. The first-order chi connectivity index (χ1) is 6.76. The van der Waals surface area contributed by atoms with E-state index in [-0.39, 0.29) is 10.0 Å². The summed E-state index contributed by atoms with van der Waals surface area (Å²) in [6, 6.07) is 1.38. The second kappa shape index (κ2) is 3.83. The molecule has 2 N–H and O–H groups in total. The summed E-state index contributed by atoms with van der Waals surface area (Å²) in [5, 5.41) is 17.0. The van der Waals surface area contributed by atoms with E-state index in [4.69, 9.17) is 33.4 Å². The number of aromatic hydroxyl groups is 1. The zero-order valence-electron chi connectivity index (χ0n) is 6.97. The van der Waals surface area contributed by atoms with Crippen LogP contribution in [0, 0.1) is 0 Å². The minimum atomic E-state index is -4.21. The fraction of sp³-hybridized carbons (Fsp3) is 0.125. The summed E-state index contributed by atoms with van der Waals surface area (Å²) >= 11 is 10.9. The van der Waals surface area contributed by atoms with Gasteiger partial charge in [0.1, 0.15) is 5.75 Å². The topological polar surface area (TPSA) is 57.5 Å². The van der Waals surface area contributed by atoms with Gasteiger partial charge in [-0.05, 0) is 6.07 Å². The highest BCUT2D eigenvalue weighted by Gasteiger charge is 2.43. The third-order valence-corrected chi connectivity index (χ3v) is 2.37. The summed E-state index contributed by atoms with van der Waals surface area (Å²) < 4.78 is 26.0. The van der Waals surface area contributed by atoms with Crippen molar-refractivity contribution in [2.75, 3.05) is 0 Å². The molecule has 0 spiro atoms. The van der Waals surface area contributed by atoms with E-state index in [2.05, 4.69) is 0 Å². The van der Waals surface area contributed by atoms with Crippen LogP contribution in [0.5, 0.6) is 5.75 Å². The van der Waals surface area contributed by atoms with Crippen LogP contribution in [-0.4, -0.2) is 16.2 Å². The Bertz CT molecular complexity index is 421. The molecule has 3 nitrogen and oxygen atoms in total. The number of aliphatic carboxylic acids is 1. The molecule has 0 heterocycles. The molecule has 15 heavy (non-hydrogen) atoms. The van der Waals surface area contributed by atoms with Crippen LogP contribution in [0.2, 0.25) is 10.0 Å². The zero-order chi connectivity index (χ0) is 11.8. The minimum absolute atomic E-state index is 0.140.